The molecule has 3 aromatic heterocycles. The molecule has 0 N–H and O–H groups in total. The van der Waals surface area contributed by atoms with E-state index in [2.05, 4.69) is 519 Å². The standard InChI is InChI=1S/C64H45NSSi.C60H41NOSSi/c1-5-18-49(19-6-1)59-30-16-31-60-61-32-17-33-62(64(61)66-63(59)60)65(52-42-36-50(37-43-52)58-29-15-21-48-20-13-14-28-57(48)58)51-40-34-46(35-41-51)47-38-44-56(45-39-47)67(53-22-7-2-8-23-53,54-24-9-3-10-25-54)55-26-11-4-12-27-55;1-5-17-44(18-6-1)51-26-15-27-54-55-28-16-29-56(60(55)63-59(51)54)61(46-37-40-53-52-25-13-14-30-57(52)62-58(53)41-46)45-35-31-42(32-36-45)43-33-38-50(39-34-43)64(47-19-7-2-8-20-47,48-21-9-3-10-22-48)49-23-11-4-12-24-49/h1-45H;1-41H. The first-order chi connectivity index (χ1) is 65.0. The summed E-state index contributed by atoms with van der Waals surface area (Å²) in [4.78, 5) is 4.85. The average molecular weight is 1740 g/mol. The lowest BCUT2D eigenvalue weighted by atomic mass is 9.98. The molecule has 0 bridgehead atoms. The molecule has 24 aromatic rings. The molecular weight excluding hydrogens is 1650 g/mol. The second-order valence-electron chi connectivity index (χ2n) is 33.6. The highest BCUT2D eigenvalue weighted by Gasteiger charge is 2.43. The molecule has 131 heavy (non-hydrogen) atoms. The number of para-hydroxylation sites is 1. The SMILES string of the molecule is c1ccc(-c2cccc3c2sc2c(N(c4ccc(-c5ccc([Si](c6ccccc6)(c6ccccc6)c6ccccc6)cc5)cc4)c4ccc(-c5cccc6ccccc56)cc4)cccc23)cc1.c1ccc(-c2cccc3c2sc2c(N(c4ccc(-c5ccc([Si](c6ccccc6)(c6ccccc6)c6ccccc6)cc5)cc4)c4ccc5c(c4)oc4ccccc45)cccc23)cc1. The average Bonchev–Trinajstić information content (AvgIpc) is 1.13. The minimum Gasteiger partial charge on any atom is -0.456 e. The number of benzene rings is 21. The predicted molar refractivity (Wildman–Crippen MR) is 567 cm³/mol. The first-order valence-corrected chi connectivity index (χ1v) is 50.5. The monoisotopic (exact) mass is 1740 g/mol. The quantitative estimate of drug-likeness (QED) is 0.0594. The van der Waals surface area contributed by atoms with Crippen LogP contribution in [0.15, 0.2) is 526 Å². The van der Waals surface area contributed by atoms with Gasteiger partial charge in [-0.2, -0.15) is 0 Å². The van der Waals surface area contributed by atoms with Gasteiger partial charge >= 0.3 is 0 Å². The van der Waals surface area contributed by atoms with Gasteiger partial charge in [-0.25, -0.2) is 0 Å². The van der Waals surface area contributed by atoms with Crippen LogP contribution in [-0.4, -0.2) is 16.1 Å². The van der Waals surface area contributed by atoms with Crippen LogP contribution in [0.1, 0.15) is 0 Å². The van der Waals surface area contributed by atoms with Crippen molar-refractivity contribution in [2.45, 2.75) is 0 Å². The Bertz CT molecular complexity index is 8010. The number of furan rings is 1. The molecule has 0 spiro atoms. The molecule has 0 aliphatic rings. The van der Waals surface area contributed by atoms with Crippen LogP contribution in [-0.2, 0) is 0 Å². The molecule has 7 heteroatoms. The van der Waals surface area contributed by atoms with Crippen molar-refractivity contribution in [3.05, 3.63) is 522 Å². The van der Waals surface area contributed by atoms with Crippen LogP contribution in [0.3, 0.4) is 0 Å². The van der Waals surface area contributed by atoms with Gasteiger partial charge in [-0.15, -0.1) is 22.7 Å². The van der Waals surface area contributed by atoms with Crippen molar-refractivity contribution in [2.24, 2.45) is 0 Å². The van der Waals surface area contributed by atoms with E-state index in [1.54, 1.807) is 0 Å². The van der Waals surface area contributed by atoms with Crippen LogP contribution < -0.4 is 51.3 Å². The summed E-state index contributed by atoms with van der Waals surface area (Å²) in [5.74, 6) is 0. The van der Waals surface area contributed by atoms with Crippen molar-refractivity contribution in [2.75, 3.05) is 9.80 Å². The zero-order chi connectivity index (χ0) is 87.0. The maximum atomic E-state index is 6.49. The molecule has 0 fully saturated rings. The fourth-order valence-electron chi connectivity index (χ4n) is 20.2. The number of fused-ring (bicyclic) bond motifs is 10. The van der Waals surface area contributed by atoms with E-state index >= 15 is 0 Å². The van der Waals surface area contributed by atoms with Crippen molar-refractivity contribution in [3.8, 4) is 55.6 Å². The summed E-state index contributed by atoms with van der Waals surface area (Å²) in [7, 11) is -5.25. The third kappa shape index (κ3) is 14.5. The Morgan fingerprint density at radius 2 is 0.435 bits per heavy atom. The number of rotatable bonds is 19. The Morgan fingerprint density at radius 3 is 0.840 bits per heavy atom. The molecule has 24 rings (SSSR count). The molecule has 0 radical (unpaired) electrons. The lowest BCUT2D eigenvalue weighted by molar-refractivity contribution is 0.669. The van der Waals surface area contributed by atoms with Gasteiger partial charge in [-0.05, 0) is 175 Å². The Morgan fingerprint density at radius 1 is 0.168 bits per heavy atom. The van der Waals surface area contributed by atoms with Gasteiger partial charge < -0.3 is 14.2 Å². The lowest BCUT2D eigenvalue weighted by Crippen LogP contribution is -2.74. The Labute approximate surface area is 772 Å². The molecule has 0 saturated heterocycles. The molecular formula is C124H86N2OS2Si2. The highest BCUT2D eigenvalue weighted by molar-refractivity contribution is 7.27. The maximum Gasteiger partial charge on any atom is 0.179 e. The van der Waals surface area contributed by atoms with E-state index in [-0.39, 0.29) is 0 Å². The summed E-state index contributed by atoms with van der Waals surface area (Å²) in [5, 5.41) is 20.8. The Balaban J connectivity index is 0.000000149. The smallest absolute Gasteiger partial charge is 0.179 e. The predicted octanol–water partition coefficient (Wildman–Crippen LogP) is 29.2. The van der Waals surface area contributed by atoms with Crippen LogP contribution in [0, 0.1) is 0 Å². The van der Waals surface area contributed by atoms with Crippen LogP contribution in [0.2, 0.25) is 0 Å². The number of hydrogen-bond donors (Lipinski definition) is 0. The fraction of sp³-hybridized carbons (Fsp3) is 0. The van der Waals surface area contributed by atoms with Crippen molar-refractivity contribution >= 4 is 187 Å². The largest absolute Gasteiger partial charge is 0.456 e. The molecule has 0 aliphatic carbocycles. The zero-order valence-corrected chi connectivity index (χ0v) is 75.4. The second-order valence-corrected chi connectivity index (χ2v) is 43.2. The summed E-state index contributed by atoms with van der Waals surface area (Å²) in [6.07, 6.45) is 0. The van der Waals surface area contributed by atoms with E-state index in [1.165, 1.54) is 148 Å². The van der Waals surface area contributed by atoms with Crippen molar-refractivity contribution in [3.63, 3.8) is 0 Å². The van der Waals surface area contributed by atoms with Gasteiger partial charge in [0.05, 0.1) is 20.8 Å². The van der Waals surface area contributed by atoms with Crippen LogP contribution in [0.5, 0.6) is 0 Å². The fourth-order valence-corrected chi connectivity index (χ4v) is 32.4. The summed E-state index contributed by atoms with van der Waals surface area (Å²) in [6.45, 7) is 0. The zero-order valence-electron chi connectivity index (χ0n) is 71.8. The minimum absolute atomic E-state index is 0.872. The van der Waals surface area contributed by atoms with Gasteiger partial charge in [0.25, 0.3) is 0 Å². The molecule has 21 aromatic carbocycles. The summed E-state index contributed by atoms with van der Waals surface area (Å²) in [6, 6.07) is 192. The number of anilines is 6. The van der Waals surface area contributed by atoms with E-state index in [0.717, 1.165) is 56.1 Å². The van der Waals surface area contributed by atoms with E-state index < -0.39 is 16.1 Å². The van der Waals surface area contributed by atoms with Crippen LogP contribution >= 0.6 is 22.7 Å². The number of hydrogen-bond acceptors (Lipinski definition) is 5. The number of nitrogens with zero attached hydrogens (tertiary/aromatic N) is 2. The number of thiophene rings is 2. The second kappa shape index (κ2) is 34.7. The van der Waals surface area contributed by atoms with E-state index in [4.69, 9.17) is 4.42 Å². The highest BCUT2D eigenvalue weighted by atomic mass is 32.1. The summed E-state index contributed by atoms with van der Waals surface area (Å²) in [5.41, 5.74) is 20.5. The summed E-state index contributed by atoms with van der Waals surface area (Å²) >= 11 is 3.76. The highest BCUT2D eigenvalue weighted by Crippen LogP contribution is 2.51. The molecule has 0 amide bonds. The summed E-state index contributed by atoms with van der Waals surface area (Å²) < 4.78 is 11.6. The van der Waals surface area contributed by atoms with Gasteiger partial charge in [0.2, 0.25) is 0 Å². The first kappa shape index (κ1) is 79.8. The van der Waals surface area contributed by atoms with Crippen LogP contribution in [0.4, 0.5) is 34.1 Å². The molecule has 0 atom stereocenters. The third-order valence-corrected chi connectivity index (χ3v) is 38.4. The molecule has 0 aliphatic heterocycles. The molecule has 0 unspecified atom stereocenters. The van der Waals surface area contributed by atoms with E-state index in [0.29, 0.717) is 0 Å². The topological polar surface area (TPSA) is 19.6 Å². The van der Waals surface area contributed by atoms with Crippen molar-refractivity contribution < 1.29 is 4.42 Å². The van der Waals surface area contributed by atoms with Crippen molar-refractivity contribution in [1.82, 2.24) is 0 Å². The Kier molecular flexibility index (Phi) is 21.1. The normalized spacial score (nSPS) is 11.7. The van der Waals surface area contributed by atoms with Gasteiger partial charge in [0, 0.05) is 70.5 Å². The molecule has 3 nitrogen and oxygen atoms in total. The van der Waals surface area contributed by atoms with Gasteiger partial charge in [-0.3, -0.25) is 0 Å². The van der Waals surface area contributed by atoms with Gasteiger partial charge in [-0.1, -0.05) is 449 Å². The van der Waals surface area contributed by atoms with E-state index in [9.17, 15) is 0 Å². The van der Waals surface area contributed by atoms with Crippen LogP contribution in [0.25, 0.3) is 129 Å². The molecule has 3 heterocycles. The van der Waals surface area contributed by atoms with Crippen molar-refractivity contribution in [1.29, 1.82) is 0 Å². The Hall–Kier alpha value is -15.8. The van der Waals surface area contributed by atoms with Gasteiger partial charge in [0.1, 0.15) is 11.2 Å². The molecule has 0 saturated carbocycles. The van der Waals surface area contributed by atoms with Gasteiger partial charge in [0.15, 0.2) is 16.1 Å². The minimum atomic E-state index is -2.63. The van der Waals surface area contributed by atoms with E-state index in [1.807, 2.05) is 34.8 Å². The lowest BCUT2D eigenvalue weighted by Gasteiger charge is -2.34. The maximum absolute atomic E-state index is 6.49. The molecule has 618 valence electrons. The first-order valence-electron chi connectivity index (χ1n) is 44.8. The third-order valence-electron chi connectivity index (χ3n) is 26.3.